The molecule has 1 N–H and O–H groups in total. The monoisotopic (exact) mass is 420 g/mol. The third-order valence-electron chi connectivity index (χ3n) is 4.62. The molecular weight excluding hydrogens is 400 g/mol. The lowest BCUT2D eigenvalue weighted by atomic mass is 10.1. The lowest BCUT2D eigenvalue weighted by molar-refractivity contribution is -0.118. The Morgan fingerprint density at radius 3 is 2.27 bits per heavy atom. The van der Waals surface area contributed by atoms with E-state index in [2.05, 4.69) is 21.6 Å². The first-order valence-electron chi connectivity index (χ1n) is 9.52. The van der Waals surface area contributed by atoms with Crippen molar-refractivity contribution >= 4 is 34.2 Å². The Morgan fingerprint density at radius 1 is 0.967 bits per heavy atom. The van der Waals surface area contributed by atoms with Gasteiger partial charge < -0.3 is 10.1 Å². The summed E-state index contributed by atoms with van der Waals surface area (Å²) in [6.45, 7) is 5.84. The number of halogens is 1. The van der Waals surface area contributed by atoms with E-state index in [1.165, 1.54) is 0 Å². The van der Waals surface area contributed by atoms with Gasteiger partial charge in [0.05, 0.1) is 5.69 Å². The zero-order valence-corrected chi connectivity index (χ0v) is 17.7. The van der Waals surface area contributed by atoms with E-state index in [9.17, 15) is 4.79 Å². The Bertz CT molecular complexity index is 1210. The highest BCUT2D eigenvalue weighted by Gasteiger charge is 2.11. The molecule has 1 aromatic heterocycles. The zero-order chi connectivity index (χ0) is 21.3. The maximum absolute atomic E-state index is 12.4. The van der Waals surface area contributed by atoms with Crippen LogP contribution in [0.5, 0.6) is 5.75 Å². The van der Waals surface area contributed by atoms with Crippen molar-refractivity contribution in [2.45, 2.75) is 20.8 Å². The molecule has 152 valence electrons. The first-order chi connectivity index (χ1) is 14.4. The van der Waals surface area contributed by atoms with Crippen molar-refractivity contribution in [2.75, 3.05) is 11.9 Å². The summed E-state index contributed by atoms with van der Waals surface area (Å²) in [5.41, 5.74) is 5.99. The SMILES string of the molecule is Cc1cc(C)cc(OCC(=O)Nc2cc3nn(-c4ccc(Cl)cc4)nc3cc2C)c1. The van der Waals surface area contributed by atoms with E-state index < -0.39 is 0 Å². The molecule has 7 heteroatoms. The molecule has 3 aromatic carbocycles. The number of amides is 1. The average Bonchev–Trinajstić information content (AvgIpc) is 3.09. The molecule has 1 heterocycles. The lowest BCUT2D eigenvalue weighted by Gasteiger charge is -2.10. The Labute approximate surface area is 179 Å². The number of hydrogen-bond donors (Lipinski definition) is 1. The van der Waals surface area contributed by atoms with Crippen molar-refractivity contribution in [2.24, 2.45) is 0 Å². The van der Waals surface area contributed by atoms with Crippen LogP contribution in [-0.2, 0) is 4.79 Å². The first-order valence-corrected chi connectivity index (χ1v) is 9.90. The van der Waals surface area contributed by atoms with Gasteiger partial charge in [0.2, 0.25) is 0 Å². The molecule has 30 heavy (non-hydrogen) atoms. The second-order valence-electron chi connectivity index (χ2n) is 7.28. The standard InChI is InChI=1S/C23H21ClN4O2/c1-14-8-15(2)10-19(9-14)30-13-23(29)25-20-12-22-21(11-16(20)3)26-28(27-22)18-6-4-17(24)5-7-18/h4-12H,13H2,1-3H3,(H,25,29). The number of nitrogens with zero attached hydrogens (tertiary/aromatic N) is 3. The van der Waals surface area contributed by atoms with Crippen molar-refractivity contribution < 1.29 is 9.53 Å². The molecule has 0 saturated heterocycles. The average molecular weight is 421 g/mol. The molecule has 0 aliphatic rings. The Hall–Kier alpha value is -3.38. The predicted molar refractivity (Wildman–Crippen MR) is 119 cm³/mol. The van der Waals surface area contributed by atoms with Gasteiger partial charge in [-0.05, 0) is 86.0 Å². The summed E-state index contributed by atoms with van der Waals surface area (Å²) < 4.78 is 5.65. The smallest absolute Gasteiger partial charge is 0.262 e. The number of rotatable bonds is 5. The second kappa shape index (κ2) is 8.16. The van der Waals surface area contributed by atoms with Crippen molar-refractivity contribution in [3.8, 4) is 11.4 Å². The number of hydrogen-bond acceptors (Lipinski definition) is 4. The number of aromatic nitrogens is 3. The second-order valence-corrected chi connectivity index (χ2v) is 7.72. The first kappa shape index (κ1) is 19.9. The normalized spacial score (nSPS) is 10.9. The van der Waals surface area contributed by atoms with Crippen LogP contribution in [0.1, 0.15) is 16.7 Å². The van der Waals surface area contributed by atoms with E-state index in [4.69, 9.17) is 16.3 Å². The number of benzene rings is 3. The minimum Gasteiger partial charge on any atom is -0.484 e. The lowest BCUT2D eigenvalue weighted by Crippen LogP contribution is -2.20. The van der Waals surface area contributed by atoms with Gasteiger partial charge in [-0.25, -0.2) is 0 Å². The summed E-state index contributed by atoms with van der Waals surface area (Å²) in [6, 6.07) is 16.9. The van der Waals surface area contributed by atoms with Gasteiger partial charge in [-0.2, -0.15) is 4.80 Å². The van der Waals surface area contributed by atoms with Crippen molar-refractivity contribution in [3.63, 3.8) is 0 Å². The fourth-order valence-corrected chi connectivity index (χ4v) is 3.37. The molecular formula is C23H21ClN4O2. The summed E-state index contributed by atoms with van der Waals surface area (Å²) in [5, 5.41) is 12.6. The van der Waals surface area contributed by atoms with Crippen LogP contribution in [0.15, 0.2) is 54.6 Å². The third kappa shape index (κ3) is 4.44. The van der Waals surface area contributed by atoms with Gasteiger partial charge in [0, 0.05) is 10.7 Å². The molecule has 0 unspecified atom stereocenters. The van der Waals surface area contributed by atoms with Gasteiger partial charge in [-0.3, -0.25) is 4.79 Å². The zero-order valence-electron chi connectivity index (χ0n) is 16.9. The summed E-state index contributed by atoms with van der Waals surface area (Å²) >= 11 is 5.95. The quantitative estimate of drug-likeness (QED) is 0.492. The topological polar surface area (TPSA) is 69.0 Å². The van der Waals surface area contributed by atoms with E-state index in [1.807, 2.05) is 57.2 Å². The largest absolute Gasteiger partial charge is 0.484 e. The third-order valence-corrected chi connectivity index (χ3v) is 4.88. The summed E-state index contributed by atoms with van der Waals surface area (Å²) in [6.07, 6.45) is 0. The van der Waals surface area contributed by atoms with Crippen molar-refractivity contribution in [1.82, 2.24) is 15.0 Å². The highest BCUT2D eigenvalue weighted by atomic mass is 35.5. The fourth-order valence-electron chi connectivity index (χ4n) is 3.24. The van der Waals surface area contributed by atoms with Crippen LogP contribution >= 0.6 is 11.6 Å². The van der Waals surface area contributed by atoms with Crippen LogP contribution in [-0.4, -0.2) is 27.5 Å². The molecule has 6 nitrogen and oxygen atoms in total. The van der Waals surface area contributed by atoms with Crippen LogP contribution in [0.25, 0.3) is 16.7 Å². The molecule has 0 aliphatic carbocycles. The van der Waals surface area contributed by atoms with Crippen molar-refractivity contribution in [1.29, 1.82) is 0 Å². The molecule has 0 atom stereocenters. The van der Waals surface area contributed by atoms with Crippen LogP contribution in [0.2, 0.25) is 5.02 Å². The number of aryl methyl sites for hydroxylation is 3. The molecule has 0 bridgehead atoms. The van der Waals surface area contributed by atoms with Crippen molar-refractivity contribution in [3.05, 3.63) is 76.3 Å². The van der Waals surface area contributed by atoms with E-state index in [0.29, 0.717) is 22.0 Å². The molecule has 0 aliphatic heterocycles. The minimum absolute atomic E-state index is 0.0716. The molecule has 4 aromatic rings. The Balaban J connectivity index is 1.50. The fraction of sp³-hybridized carbons (Fsp3) is 0.174. The number of fused-ring (bicyclic) bond motifs is 1. The maximum atomic E-state index is 12.4. The molecule has 0 saturated carbocycles. The van der Waals surface area contributed by atoms with E-state index in [1.54, 1.807) is 16.9 Å². The molecule has 1 amide bonds. The number of carbonyl (C=O) groups excluding carboxylic acids is 1. The van der Waals surface area contributed by atoms with E-state index >= 15 is 0 Å². The minimum atomic E-state index is -0.235. The van der Waals surface area contributed by atoms with E-state index in [0.717, 1.165) is 27.9 Å². The van der Waals surface area contributed by atoms with Gasteiger partial charge in [0.15, 0.2) is 6.61 Å². The number of anilines is 1. The van der Waals surface area contributed by atoms with Crippen LogP contribution in [0, 0.1) is 20.8 Å². The van der Waals surface area contributed by atoms with E-state index in [-0.39, 0.29) is 12.5 Å². The van der Waals surface area contributed by atoms with Crippen LogP contribution < -0.4 is 10.1 Å². The Kier molecular flexibility index (Phi) is 5.42. The van der Waals surface area contributed by atoms with Gasteiger partial charge in [0.25, 0.3) is 5.91 Å². The predicted octanol–water partition coefficient (Wildman–Crippen LogP) is 5.02. The highest BCUT2D eigenvalue weighted by Crippen LogP contribution is 2.23. The van der Waals surface area contributed by atoms with Gasteiger partial charge in [0.1, 0.15) is 16.8 Å². The molecule has 0 radical (unpaired) electrons. The van der Waals surface area contributed by atoms with Gasteiger partial charge in [-0.15, -0.1) is 10.2 Å². The van der Waals surface area contributed by atoms with Crippen LogP contribution in [0.3, 0.4) is 0 Å². The molecule has 0 fully saturated rings. The molecule has 4 rings (SSSR count). The Morgan fingerprint density at radius 2 is 1.60 bits per heavy atom. The number of ether oxygens (including phenoxy) is 1. The van der Waals surface area contributed by atoms with Gasteiger partial charge >= 0.3 is 0 Å². The summed E-state index contributed by atoms with van der Waals surface area (Å²) in [4.78, 5) is 14.0. The number of nitrogens with one attached hydrogen (secondary N) is 1. The molecule has 0 spiro atoms. The van der Waals surface area contributed by atoms with Gasteiger partial charge in [-0.1, -0.05) is 17.7 Å². The van der Waals surface area contributed by atoms with Crippen LogP contribution in [0.4, 0.5) is 5.69 Å². The number of carbonyl (C=O) groups is 1. The summed E-state index contributed by atoms with van der Waals surface area (Å²) in [5.74, 6) is 0.447. The highest BCUT2D eigenvalue weighted by molar-refractivity contribution is 6.30. The maximum Gasteiger partial charge on any atom is 0.262 e. The summed E-state index contributed by atoms with van der Waals surface area (Å²) in [7, 11) is 0.